The van der Waals surface area contributed by atoms with Crippen LogP contribution in [0.3, 0.4) is 0 Å². The third-order valence-electron chi connectivity index (χ3n) is 1.45. The van der Waals surface area contributed by atoms with Gasteiger partial charge in [-0.25, -0.2) is 4.68 Å². The maximum atomic E-state index is 11.7. The van der Waals surface area contributed by atoms with E-state index in [-0.39, 0.29) is 13.2 Å². The van der Waals surface area contributed by atoms with Gasteiger partial charge in [-0.3, -0.25) is 0 Å². The molecule has 0 spiro atoms. The molecule has 0 radical (unpaired) electrons. The molecule has 0 N–H and O–H groups in total. The first kappa shape index (κ1) is 12.4. The summed E-state index contributed by atoms with van der Waals surface area (Å²) in [6, 6.07) is 0. The molecule has 8 heteroatoms. The van der Waals surface area contributed by atoms with Gasteiger partial charge in [-0.2, -0.15) is 13.2 Å². The first-order valence-electron chi connectivity index (χ1n) is 4.11. The second-order valence-electron chi connectivity index (χ2n) is 2.77. The van der Waals surface area contributed by atoms with E-state index in [9.17, 15) is 13.2 Å². The number of aromatic nitrogens is 3. The molecule has 15 heavy (non-hydrogen) atoms. The Morgan fingerprint density at radius 2 is 2.20 bits per heavy atom. The molecule has 1 aromatic rings. The first-order chi connectivity index (χ1) is 7.01. The summed E-state index contributed by atoms with van der Waals surface area (Å²) in [6.07, 6.45) is -2.63. The Hall–Kier alpha value is -0.630. The van der Waals surface area contributed by atoms with Crippen LogP contribution in [0.15, 0.2) is 6.20 Å². The summed E-state index contributed by atoms with van der Waals surface area (Å²) in [5, 5.41) is 8.01. The summed E-state index contributed by atoms with van der Waals surface area (Å²) in [4.78, 5) is 0. The number of hydrogen-bond donors (Lipinski definition) is 0. The van der Waals surface area contributed by atoms with Gasteiger partial charge in [0.1, 0.15) is 6.61 Å². The van der Waals surface area contributed by atoms with E-state index in [1.165, 1.54) is 4.68 Å². The quantitative estimate of drug-likeness (QED) is 0.612. The summed E-state index contributed by atoms with van der Waals surface area (Å²) < 4.78 is 40.9. The zero-order valence-electron chi connectivity index (χ0n) is 7.67. The highest BCUT2D eigenvalue weighted by Gasteiger charge is 2.27. The fourth-order valence-corrected chi connectivity index (χ4v) is 1.11. The zero-order valence-corrected chi connectivity index (χ0v) is 9.25. The number of hydrogen-bond acceptors (Lipinski definition) is 3. The summed E-state index contributed by atoms with van der Waals surface area (Å²) in [5.74, 6) is 0. The van der Waals surface area contributed by atoms with E-state index in [4.69, 9.17) is 0 Å². The summed E-state index contributed by atoms with van der Waals surface area (Å²) in [7, 11) is 0. The lowest BCUT2D eigenvalue weighted by Gasteiger charge is -2.06. The van der Waals surface area contributed by atoms with Crippen molar-refractivity contribution < 1.29 is 17.9 Å². The Bertz CT molecular complexity index is 302. The molecule has 0 bridgehead atoms. The van der Waals surface area contributed by atoms with Gasteiger partial charge in [0, 0.05) is 11.5 Å². The lowest BCUT2D eigenvalue weighted by Crippen LogP contribution is -2.19. The van der Waals surface area contributed by atoms with Gasteiger partial charge in [0.05, 0.1) is 18.8 Å². The van der Waals surface area contributed by atoms with Crippen LogP contribution in [0.1, 0.15) is 5.69 Å². The average Bonchev–Trinajstić information content (AvgIpc) is 2.59. The predicted molar refractivity (Wildman–Crippen MR) is 49.5 cm³/mol. The first-order valence-corrected chi connectivity index (χ1v) is 5.23. The second-order valence-corrected chi connectivity index (χ2v) is 3.34. The Morgan fingerprint density at radius 3 is 2.73 bits per heavy atom. The van der Waals surface area contributed by atoms with Crippen LogP contribution < -0.4 is 0 Å². The molecular weight excluding hydrogens is 279 g/mol. The van der Waals surface area contributed by atoms with Gasteiger partial charge >= 0.3 is 6.18 Å². The van der Waals surface area contributed by atoms with Gasteiger partial charge in [-0.05, 0) is 0 Å². The minimum Gasteiger partial charge on any atom is -0.370 e. The molecule has 1 aromatic heterocycles. The minimum atomic E-state index is -4.27. The third-order valence-corrected chi connectivity index (χ3v) is 2.03. The Kier molecular flexibility index (Phi) is 4.52. The maximum Gasteiger partial charge on any atom is 0.411 e. The van der Waals surface area contributed by atoms with E-state index in [0.29, 0.717) is 5.33 Å². The fraction of sp³-hybridized carbons (Fsp3) is 0.714. The van der Waals surface area contributed by atoms with Crippen molar-refractivity contribution in [3.05, 3.63) is 11.9 Å². The van der Waals surface area contributed by atoms with Crippen LogP contribution in [0, 0.1) is 0 Å². The largest absolute Gasteiger partial charge is 0.411 e. The molecule has 1 rings (SSSR count). The van der Waals surface area contributed by atoms with Gasteiger partial charge < -0.3 is 4.74 Å². The van der Waals surface area contributed by atoms with Crippen molar-refractivity contribution in [3.63, 3.8) is 0 Å². The van der Waals surface area contributed by atoms with Crippen molar-refractivity contribution in [1.29, 1.82) is 0 Å². The molecule has 1 heterocycles. The van der Waals surface area contributed by atoms with Gasteiger partial charge in [0.15, 0.2) is 0 Å². The van der Waals surface area contributed by atoms with Crippen LogP contribution in [0.2, 0.25) is 0 Å². The van der Waals surface area contributed by atoms with Gasteiger partial charge in [0.2, 0.25) is 0 Å². The molecule has 0 aliphatic heterocycles. The minimum absolute atomic E-state index is 0.0371. The molecule has 0 unspecified atom stereocenters. The SMILES string of the molecule is FC(F)(F)COCCn1cc(CBr)nn1. The van der Waals surface area contributed by atoms with Crippen LogP contribution in [0.5, 0.6) is 0 Å². The monoisotopic (exact) mass is 287 g/mol. The molecule has 0 atom stereocenters. The number of halogens is 4. The molecule has 0 aliphatic carbocycles. The number of nitrogens with zero attached hydrogens (tertiary/aromatic N) is 3. The smallest absolute Gasteiger partial charge is 0.370 e. The molecular formula is C7H9BrF3N3O. The lowest BCUT2D eigenvalue weighted by molar-refractivity contribution is -0.174. The molecule has 0 saturated heterocycles. The van der Waals surface area contributed by atoms with Crippen molar-refractivity contribution in [2.75, 3.05) is 13.2 Å². The second kappa shape index (κ2) is 5.45. The van der Waals surface area contributed by atoms with Crippen LogP contribution in [0.4, 0.5) is 13.2 Å². The topological polar surface area (TPSA) is 39.9 Å². The molecule has 4 nitrogen and oxygen atoms in total. The lowest BCUT2D eigenvalue weighted by atomic mass is 10.5. The van der Waals surface area contributed by atoms with E-state index >= 15 is 0 Å². The van der Waals surface area contributed by atoms with E-state index in [1.807, 2.05) is 0 Å². The Labute approximate surface area is 92.5 Å². The molecule has 86 valence electrons. The van der Waals surface area contributed by atoms with E-state index < -0.39 is 12.8 Å². The molecule has 0 aliphatic rings. The van der Waals surface area contributed by atoms with Gasteiger partial charge in [0.25, 0.3) is 0 Å². The number of rotatable bonds is 5. The van der Waals surface area contributed by atoms with Crippen molar-refractivity contribution >= 4 is 15.9 Å². The highest BCUT2D eigenvalue weighted by atomic mass is 79.9. The normalized spacial score (nSPS) is 12.0. The van der Waals surface area contributed by atoms with Crippen LogP contribution >= 0.6 is 15.9 Å². The number of ether oxygens (including phenoxy) is 1. The van der Waals surface area contributed by atoms with Gasteiger partial charge in [-0.1, -0.05) is 21.1 Å². The maximum absolute atomic E-state index is 11.7. The third kappa shape index (κ3) is 5.12. The van der Waals surface area contributed by atoms with Crippen molar-refractivity contribution in [1.82, 2.24) is 15.0 Å². The highest BCUT2D eigenvalue weighted by Crippen LogP contribution is 2.14. The summed E-state index contributed by atoms with van der Waals surface area (Å²) >= 11 is 3.18. The van der Waals surface area contributed by atoms with Crippen LogP contribution in [-0.4, -0.2) is 34.4 Å². The highest BCUT2D eigenvalue weighted by molar-refractivity contribution is 9.08. The standard InChI is InChI=1S/C7H9BrF3N3O/c8-3-6-4-14(13-12-6)1-2-15-5-7(9,10)11/h4H,1-3,5H2. The summed E-state index contributed by atoms with van der Waals surface area (Å²) in [6.45, 7) is -1.01. The Morgan fingerprint density at radius 1 is 1.47 bits per heavy atom. The zero-order chi connectivity index (χ0) is 11.3. The average molecular weight is 288 g/mol. The Balaban J connectivity index is 2.20. The summed E-state index contributed by atoms with van der Waals surface area (Å²) in [5.41, 5.74) is 0.728. The molecule has 0 aromatic carbocycles. The molecule has 0 saturated carbocycles. The van der Waals surface area contributed by atoms with Crippen LogP contribution in [0.25, 0.3) is 0 Å². The number of alkyl halides is 4. The molecule has 0 fully saturated rings. The van der Waals surface area contributed by atoms with E-state index in [2.05, 4.69) is 31.0 Å². The van der Waals surface area contributed by atoms with Crippen molar-refractivity contribution in [2.45, 2.75) is 18.1 Å². The van der Waals surface area contributed by atoms with E-state index in [0.717, 1.165) is 5.69 Å². The van der Waals surface area contributed by atoms with Crippen molar-refractivity contribution in [3.8, 4) is 0 Å². The van der Waals surface area contributed by atoms with Crippen LogP contribution in [-0.2, 0) is 16.6 Å². The predicted octanol–water partition coefficient (Wildman–Crippen LogP) is 1.75. The molecule has 0 amide bonds. The van der Waals surface area contributed by atoms with Gasteiger partial charge in [-0.15, -0.1) is 5.10 Å². The van der Waals surface area contributed by atoms with Crippen molar-refractivity contribution in [2.24, 2.45) is 0 Å². The van der Waals surface area contributed by atoms with E-state index in [1.54, 1.807) is 6.20 Å². The fourth-order valence-electron chi connectivity index (χ4n) is 0.855.